The zero-order valence-corrected chi connectivity index (χ0v) is 13.0. The molecule has 0 saturated heterocycles. The summed E-state index contributed by atoms with van der Waals surface area (Å²) in [4.78, 5) is 25.3. The molecule has 0 bridgehead atoms. The summed E-state index contributed by atoms with van der Waals surface area (Å²) in [5.74, 6) is 0.969. The highest BCUT2D eigenvalue weighted by Gasteiger charge is 2.11. The van der Waals surface area contributed by atoms with Gasteiger partial charge in [-0.3, -0.25) is 9.78 Å². The molecule has 4 aromatic rings. The highest BCUT2D eigenvalue weighted by molar-refractivity contribution is 5.78. The Kier molecular flexibility index (Phi) is 3.51. The van der Waals surface area contributed by atoms with E-state index in [1.807, 2.05) is 18.2 Å². The number of aromatic nitrogens is 6. The van der Waals surface area contributed by atoms with Gasteiger partial charge in [-0.15, -0.1) is 5.10 Å². The maximum Gasteiger partial charge on any atom is 0.261 e. The van der Waals surface area contributed by atoms with Crippen LogP contribution >= 0.6 is 0 Å². The van der Waals surface area contributed by atoms with Gasteiger partial charge in [0.25, 0.3) is 11.3 Å². The van der Waals surface area contributed by atoms with Gasteiger partial charge in [0.05, 0.1) is 17.4 Å². The molecule has 0 unspecified atom stereocenters. The van der Waals surface area contributed by atoms with Crippen LogP contribution in [0.3, 0.4) is 0 Å². The Bertz CT molecular complexity index is 1070. The van der Waals surface area contributed by atoms with E-state index in [1.54, 1.807) is 34.8 Å². The van der Waals surface area contributed by atoms with Crippen LogP contribution in [0, 0.1) is 0 Å². The van der Waals surface area contributed by atoms with E-state index < -0.39 is 0 Å². The third kappa shape index (κ3) is 2.42. The maximum atomic E-state index is 12.7. The Morgan fingerprint density at radius 3 is 2.96 bits per heavy atom. The van der Waals surface area contributed by atoms with Crippen molar-refractivity contribution in [3.8, 4) is 0 Å². The minimum absolute atomic E-state index is 0.130. The molecule has 4 heterocycles. The van der Waals surface area contributed by atoms with E-state index in [4.69, 9.17) is 4.74 Å². The van der Waals surface area contributed by atoms with E-state index in [9.17, 15) is 4.79 Å². The fourth-order valence-electron chi connectivity index (χ4n) is 2.60. The molecular weight excluding hydrogens is 308 g/mol. The molecule has 0 atom stereocenters. The number of ether oxygens (including phenoxy) is 1. The molecule has 0 amide bonds. The Morgan fingerprint density at radius 1 is 1.25 bits per heavy atom. The van der Waals surface area contributed by atoms with Gasteiger partial charge in [0, 0.05) is 31.9 Å². The lowest BCUT2D eigenvalue weighted by Crippen LogP contribution is -2.21. The second kappa shape index (κ2) is 5.82. The van der Waals surface area contributed by atoms with Gasteiger partial charge in [-0.05, 0) is 17.7 Å². The van der Waals surface area contributed by atoms with Crippen LogP contribution in [0.2, 0.25) is 0 Å². The fraction of sp³-hybridized carbons (Fsp3) is 0.188. The maximum absolute atomic E-state index is 12.7. The van der Waals surface area contributed by atoms with E-state index in [0.717, 1.165) is 5.56 Å². The molecule has 24 heavy (non-hydrogen) atoms. The summed E-state index contributed by atoms with van der Waals surface area (Å²) in [5, 5.41) is 4.83. The molecule has 4 rings (SSSR count). The summed E-state index contributed by atoms with van der Waals surface area (Å²) in [6.45, 7) is 0.746. The number of rotatable bonds is 4. The molecule has 0 saturated carbocycles. The molecule has 0 aliphatic heterocycles. The van der Waals surface area contributed by atoms with Crippen LogP contribution in [0.15, 0.2) is 47.8 Å². The zero-order chi connectivity index (χ0) is 16.5. The van der Waals surface area contributed by atoms with Crippen LogP contribution in [0.5, 0.6) is 0 Å². The first kappa shape index (κ1) is 14.5. The lowest BCUT2D eigenvalue weighted by molar-refractivity contribution is 0.178. The lowest BCUT2D eigenvalue weighted by atomic mass is 10.2. The van der Waals surface area contributed by atoms with Crippen molar-refractivity contribution in [1.82, 2.24) is 29.1 Å². The molecule has 4 aromatic heterocycles. The fourth-order valence-corrected chi connectivity index (χ4v) is 2.60. The number of nitrogens with zero attached hydrogens (tertiary/aromatic N) is 6. The summed E-state index contributed by atoms with van der Waals surface area (Å²) < 4.78 is 8.23. The largest absolute Gasteiger partial charge is 0.377 e. The SMILES string of the molecule is COCc1nc2ncc3c(=O)n(Cc4cccnc4)ccc3n2n1. The minimum Gasteiger partial charge on any atom is -0.377 e. The summed E-state index contributed by atoms with van der Waals surface area (Å²) in [6.07, 6.45) is 6.73. The van der Waals surface area contributed by atoms with Crippen molar-refractivity contribution in [2.24, 2.45) is 0 Å². The van der Waals surface area contributed by atoms with Gasteiger partial charge < -0.3 is 9.30 Å². The number of fused-ring (bicyclic) bond motifs is 3. The second-order valence-corrected chi connectivity index (χ2v) is 5.34. The van der Waals surface area contributed by atoms with Gasteiger partial charge in [-0.1, -0.05) is 6.07 Å². The summed E-state index contributed by atoms with van der Waals surface area (Å²) in [5.41, 5.74) is 1.49. The first-order chi connectivity index (χ1) is 11.8. The van der Waals surface area contributed by atoms with Crippen molar-refractivity contribution in [2.75, 3.05) is 7.11 Å². The van der Waals surface area contributed by atoms with E-state index in [0.29, 0.717) is 35.7 Å². The normalized spacial score (nSPS) is 11.4. The van der Waals surface area contributed by atoms with Gasteiger partial charge in [0.2, 0.25) is 0 Å². The Hall–Kier alpha value is -3.13. The molecule has 0 spiro atoms. The van der Waals surface area contributed by atoms with Gasteiger partial charge in [0.15, 0.2) is 5.82 Å². The molecule has 8 nitrogen and oxygen atoms in total. The quantitative estimate of drug-likeness (QED) is 0.558. The standard InChI is InChI=1S/C16H14N6O2/c1-24-10-14-19-16-18-8-12-13(22(16)20-14)4-6-21(15(12)23)9-11-3-2-5-17-7-11/h2-8H,9-10H2,1H3. The number of hydrogen-bond acceptors (Lipinski definition) is 6. The van der Waals surface area contributed by atoms with Crippen molar-refractivity contribution in [2.45, 2.75) is 13.2 Å². The van der Waals surface area contributed by atoms with E-state index in [2.05, 4.69) is 20.1 Å². The van der Waals surface area contributed by atoms with Crippen molar-refractivity contribution < 1.29 is 4.74 Å². The van der Waals surface area contributed by atoms with Crippen LogP contribution in [0.1, 0.15) is 11.4 Å². The predicted octanol–water partition coefficient (Wildman–Crippen LogP) is 1.03. The van der Waals surface area contributed by atoms with E-state index in [-0.39, 0.29) is 5.56 Å². The predicted molar refractivity (Wildman–Crippen MR) is 86.6 cm³/mol. The summed E-state index contributed by atoms with van der Waals surface area (Å²) in [6, 6.07) is 5.62. The molecule has 0 N–H and O–H groups in total. The second-order valence-electron chi connectivity index (χ2n) is 5.34. The molecule has 0 fully saturated rings. The van der Waals surface area contributed by atoms with Crippen LogP contribution < -0.4 is 5.56 Å². The van der Waals surface area contributed by atoms with Crippen molar-refractivity contribution in [3.05, 3.63) is 64.7 Å². The Labute approximate surface area is 136 Å². The Morgan fingerprint density at radius 2 is 2.17 bits per heavy atom. The van der Waals surface area contributed by atoms with Gasteiger partial charge in [0.1, 0.15) is 6.61 Å². The van der Waals surface area contributed by atoms with Crippen molar-refractivity contribution in [3.63, 3.8) is 0 Å². The summed E-state index contributed by atoms with van der Waals surface area (Å²) in [7, 11) is 1.58. The molecule has 0 aliphatic rings. The number of methoxy groups -OCH3 is 1. The van der Waals surface area contributed by atoms with Gasteiger partial charge in [-0.25, -0.2) is 4.98 Å². The molecule has 0 aliphatic carbocycles. The average molecular weight is 322 g/mol. The van der Waals surface area contributed by atoms with E-state index >= 15 is 0 Å². The first-order valence-corrected chi connectivity index (χ1v) is 7.38. The third-order valence-electron chi connectivity index (χ3n) is 3.70. The zero-order valence-electron chi connectivity index (χ0n) is 13.0. The average Bonchev–Trinajstić information content (AvgIpc) is 3.01. The molecule has 0 radical (unpaired) electrons. The minimum atomic E-state index is -0.130. The van der Waals surface area contributed by atoms with Crippen molar-refractivity contribution >= 4 is 16.7 Å². The van der Waals surface area contributed by atoms with Gasteiger partial charge in [-0.2, -0.15) is 9.50 Å². The molecular formula is C16H14N6O2. The smallest absolute Gasteiger partial charge is 0.261 e. The van der Waals surface area contributed by atoms with Crippen molar-refractivity contribution in [1.29, 1.82) is 0 Å². The molecule has 120 valence electrons. The van der Waals surface area contributed by atoms with Crippen LogP contribution in [0.25, 0.3) is 16.7 Å². The van der Waals surface area contributed by atoms with Crippen LogP contribution in [0.4, 0.5) is 0 Å². The number of hydrogen-bond donors (Lipinski definition) is 0. The monoisotopic (exact) mass is 322 g/mol. The highest BCUT2D eigenvalue weighted by Crippen LogP contribution is 2.11. The first-order valence-electron chi connectivity index (χ1n) is 7.38. The topological polar surface area (TPSA) is 87.2 Å². The third-order valence-corrected chi connectivity index (χ3v) is 3.70. The Balaban J connectivity index is 1.84. The summed E-state index contributed by atoms with van der Waals surface area (Å²) >= 11 is 0. The molecule has 0 aromatic carbocycles. The number of pyridine rings is 2. The van der Waals surface area contributed by atoms with Crippen LogP contribution in [-0.2, 0) is 17.9 Å². The highest BCUT2D eigenvalue weighted by atomic mass is 16.5. The van der Waals surface area contributed by atoms with Crippen LogP contribution in [-0.4, -0.2) is 36.2 Å². The van der Waals surface area contributed by atoms with E-state index in [1.165, 1.54) is 6.20 Å². The lowest BCUT2D eigenvalue weighted by Gasteiger charge is -2.07. The van der Waals surface area contributed by atoms with Gasteiger partial charge >= 0.3 is 0 Å². The molecule has 8 heteroatoms.